The van der Waals surface area contributed by atoms with Gasteiger partial charge < -0.3 is 9.73 Å². The Kier molecular flexibility index (Phi) is 4.75. The van der Waals surface area contributed by atoms with Crippen LogP contribution in [0.2, 0.25) is 0 Å². The van der Waals surface area contributed by atoms with E-state index in [1.165, 1.54) is 18.2 Å². The summed E-state index contributed by atoms with van der Waals surface area (Å²) in [7, 11) is 0. The molecule has 3 rings (SSSR count). The number of rotatable bonds is 4. The van der Waals surface area contributed by atoms with Crippen LogP contribution in [-0.4, -0.2) is 12.7 Å². The van der Waals surface area contributed by atoms with Crippen molar-refractivity contribution >= 4 is 23.7 Å². The Morgan fingerprint density at radius 2 is 1.96 bits per heavy atom. The number of hydrogen-bond donors (Lipinski definition) is 1. The third-order valence-electron chi connectivity index (χ3n) is 3.88. The summed E-state index contributed by atoms with van der Waals surface area (Å²) < 4.78 is 19.5. The van der Waals surface area contributed by atoms with Gasteiger partial charge in [0.2, 0.25) is 5.43 Å². The molecule has 0 radical (unpaired) electrons. The van der Waals surface area contributed by atoms with Crippen LogP contribution < -0.4 is 10.7 Å². The molecule has 26 heavy (non-hydrogen) atoms. The highest BCUT2D eigenvalue weighted by molar-refractivity contribution is 5.84. The van der Waals surface area contributed by atoms with Crippen molar-refractivity contribution in [3.05, 3.63) is 83.0 Å². The van der Waals surface area contributed by atoms with Crippen molar-refractivity contribution in [2.45, 2.75) is 6.04 Å². The fraction of sp³-hybridized carbons (Fsp3) is 0.0500. The molecule has 2 amide bonds. The van der Waals surface area contributed by atoms with Crippen molar-refractivity contribution in [2.75, 3.05) is 0 Å². The molecule has 1 unspecified atom stereocenters. The number of carbonyl (C=O) groups excluding carboxylic acids is 1. The Morgan fingerprint density at radius 1 is 1.23 bits per heavy atom. The number of nitrogens with one attached hydrogen (secondary N) is 1. The van der Waals surface area contributed by atoms with E-state index in [2.05, 4.69) is 23.6 Å². The lowest BCUT2D eigenvalue weighted by Crippen LogP contribution is -2.26. The van der Waals surface area contributed by atoms with Gasteiger partial charge in [-0.3, -0.25) is 4.79 Å². The second kappa shape index (κ2) is 7.14. The standard InChI is InChI=1S/C20H15FN2O3/c1-3-15(23-20(25)22-2)19-17(12-7-5-4-6-8-12)18(24)14-11-13(21)9-10-16(14)26-19/h3-11,15H,1-2H2,(H,23,25). The maximum absolute atomic E-state index is 13.6. The second-order valence-electron chi connectivity index (χ2n) is 5.50. The summed E-state index contributed by atoms with van der Waals surface area (Å²) in [6, 6.07) is 11.0. The lowest BCUT2D eigenvalue weighted by Gasteiger charge is -2.17. The number of nitrogens with zero attached hydrogens (tertiary/aromatic N) is 1. The minimum atomic E-state index is -0.814. The molecule has 1 aromatic heterocycles. The third kappa shape index (κ3) is 3.17. The van der Waals surface area contributed by atoms with Crippen molar-refractivity contribution < 1.29 is 13.6 Å². The van der Waals surface area contributed by atoms with Crippen LogP contribution in [0.4, 0.5) is 9.18 Å². The Balaban J connectivity index is 2.34. The fourth-order valence-corrected chi connectivity index (χ4v) is 2.69. The van der Waals surface area contributed by atoms with Crippen LogP contribution in [0.1, 0.15) is 11.8 Å². The van der Waals surface area contributed by atoms with Crippen molar-refractivity contribution in [3.63, 3.8) is 0 Å². The van der Waals surface area contributed by atoms with Gasteiger partial charge in [0.1, 0.15) is 23.2 Å². The molecule has 3 aromatic rings. The lowest BCUT2D eigenvalue weighted by molar-refractivity contribution is 0.246. The quantitative estimate of drug-likeness (QED) is 0.565. The Morgan fingerprint density at radius 3 is 2.62 bits per heavy atom. The van der Waals surface area contributed by atoms with Crippen LogP contribution in [-0.2, 0) is 0 Å². The molecule has 0 spiro atoms. The number of amides is 2. The highest BCUT2D eigenvalue weighted by Crippen LogP contribution is 2.29. The van der Waals surface area contributed by atoms with Gasteiger partial charge in [-0.15, -0.1) is 6.58 Å². The molecular formula is C20H15FN2O3. The molecule has 0 aliphatic heterocycles. The largest absolute Gasteiger partial charge is 0.458 e. The van der Waals surface area contributed by atoms with Crippen LogP contribution >= 0.6 is 0 Å². The zero-order valence-corrected chi connectivity index (χ0v) is 13.7. The van der Waals surface area contributed by atoms with E-state index in [0.29, 0.717) is 5.56 Å². The molecule has 0 saturated carbocycles. The zero-order valence-electron chi connectivity index (χ0n) is 13.7. The summed E-state index contributed by atoms with van der Waals surface area (Å²) in [5.41, 5.74) is 0.603. The van der Waals surface area contributed by atoms with Crippen molar-refractivity contribution in [3.8, 4) is 11.1 Å². The molecule has 0 fully saturated rings. The van der Waals surface area contributed by atoms with Gasteiger partial charge in [-0.2, -0.15) is 0 Å². The van der Waals surface area contributed by atoms with E-state index in [0.717, 1.165) is 6.07 Å². The molecule has 0 aliphatic carbocycles. The van der Waals surface area contributed by atoms with Gasteiger partial charge in [0.05, 0.1) is 10.9 Å². The minimum absolute atomic E-state index is 0.114. The average molecular weight is 350 g/mol. The molecule has 1 atom stereocenters. The normalized spacial score (nSPS) is 11.7. The minimum Gasteiger partial charge on any atom is -0.458 e. The van der Waals surface area contributed by atoms with Crippen LogP contribution in [0.25, 0.3) is 22.1 Å². The topological polar surface area (TPSA) is 71.7 Å². The maximum Gasteiger partial charge on any atom is 0.341 e. The van der Waals surface area contributed by atoms with E-state index < -0.39 is 23.3 Å². The molecule has 6 heteroatoms. The molecule has 0 bridgehead atoms. The van der Waals surface area contributed by atoms with Gasteiger partial charge in [-0.05, 0) is 30.5 Å². The van der Waals surface area contributed by atoms with Crippen molar-refractivity contribution in [1.82, 2.24) is 5.32 Å². The summed E-state index contributed by atoms with van der Waals surface area (Å²) in [5, 5.41) is 2.67. The van der Waals surface area contributed by atoms with Gasteiger partial charge in [-0.25, -0.2) is 14.2 Å². The van der Waals surface area contributed by atoms with Gasteiger partial charge in [0.15, 0.2) is 0 Å². The first-order valence-electron chi connectivity index (χ1n) is 7.76. The molecule has 0 aliphatic rings. The highest BCUT2D eigenvalue weighted by Gasteiger charge is 2.23. The first-order chi connectivity index (χ1) is 12.5. The molecule has 2 aromatic carbocycles. The Bertz CT molecular complexity index is 1060. The van der Waals surface area contributed by atoms with Crippen LogP contribution in [0.5, 0.6) is 0 Å². The summed E-state index contributed by atoms with van der Waals surface area (Å²) in [6.07, 6.45) is 1.42. The van der Waals surface area contributed by atoms with Gasteiger partial charge in [0.25, 0.3) is 0 Å². The number of hydrogen-bond acceptors (Lipinski definition) is 3. The van der Waals surface area contributed by atoms with Crippen LogP contribution in [0.3, 0.4) is 0 Å². The zero-order chi connectivity index (χ0) is 18.7. The van der Waals surface area contributed by atoms with Crippen LogP contribution in [0, 0.1) is 5.82 Å². The summed E-state index contributed by atoms with van der Waals surface area (Å²) in [6.45, 7) is 6.85. The number of urea groups is 1. The molecule has 130 valence electrons. The predicted molar refractivity (Wildman–Crippen MR) is 98.9 cm³/mol. The first-order valence-corrected chi connectivity index (χ1v) is 7.76. The summed E-state index contributed by atoms with van der Waals surface area (Å²) in [5.74, 6) is -0.353. The number of fused-ring (bicyclic) bond motifs is 1. The molecular weight excluding hydrogens is 335 g/mol. The predicted octanol–water partition coefficient (Wildman–Crippen LogP) is 4.24. The Hall–Kier alpha value is -3.54. The number of carbonyl (C=O) groups is 1. The van der Waals surface area contributed by atoms with E-state index in [1.807, 2.05) is 0 Å². The highest BCUT2D eigenvalue weighted by atomic mass is 19.1. The number of benzene rings is 2. The molecule has 0 saturated heterocycles. The summed E-state index contributed by atoms with van der Waals surface area (Å²) >= 11 is 0. The smallest absolute Gasteiger partial charge is 0.341 e. The SMILES string of the molecule is C=CC(NC(=O)N=C)c1oc2ccc(F)cc2c(=O)c1-c1ccccc1. The Labute approximate surface area is 148 Å². The monoisotopic (exact) mass is 350 g/mol. The molecule has 5 nitrogen and oxygen atoms in total. The van der Waals surface area contributed by atoms with E-state index in [9.17, 15) is 14.0 Å². The van der Waals surface area contributed by atoms with Gasteiger partial charge in [-0.1, -0.05) is 36.4 Å². The molecule has 1 N–H and O–H groups in total. The van der Waals surface area contributed by atoms with Gasteiger partial charge in [0, 0.05) is 0 Å². The molecule has 1 heterocycles. The first kappa shape index (κ1) is 17.3. The third-order valence-corrected chi connectivity index (χ3v) is 3.88. The van der Waals surface area contributed by atoms with E-state index in [-0.39, 0.29) is 22.3 Å². The maximum atomic E-state index is 13.6. The lowest BCUT2D eigenvalue weighted by atomic mass is 9.98. The number of aliphatic imine (C=N–C) groups is 1. The van der Waals surface area contributed by atoms with E-state index in [4.69, 9.17) is 4.42 Å². The second-order valence-corrected chi connectivity index (χ2v) is 5.50. The number of halogens is 1. The van der Waals surface area contributed by atoms with Crippen molar-refractivity contribution in [1.29, 1.82) is 0 Å². The van der Waals surface area contributed by atoms with E-state index in [1.54, 1.807) is 30.3 Å². The van der Waals surface area contributed by atoms with Crippen molar-refractivity contribution in [2.24, 2.45) is 4.99 Å². The van der Waals surface area contributed by atoms with Crippen LogP contribution in [0.15, 0.2) is 75.4 Å². The fourth-order valence-electron chi connectivity index (χ4n) is 2.69. The summed E-state index contributed by atoms with van der Waals surface area (Å²) in [4.78, 5) is 28.0. The van der Waals surface area contributed by atoms with Gasteiger partial charge >= 0.3 is 6.03 Å². The average Bonchev–Trinajstić information content (AvgIpc) is 2.67. The van der Waals surface area contributed by atoms with E-state index >= 15 is 0 Å².